The maximum Gasteiger partial charge on any atom is 0.311 e. The normalized spacial score (nSPS) is 12.4. The van der Waals surface area contributed by atoms with Crippen LogP contribution in [0.25, 0.3) is 0 Å². The number of nitrogens with one attached hydrogen (secondary N) is 1. The molecule has 0 saturated heterocycles. The smallest absolute Gasteiger partial charge is 0.311 e. The van der Waals surface area contributed by atoms with Gasteiger partial charge in [-0.1, -0.05) is 33.1 Å². The summed E-state index contributed by atoms with van der Waals surface area (Å²) in [5.74, 6) is 0.345. The van der Waals surface area contributed by atoms with Gasteiger partial charge >= 0.3 is 5.97 Å². The van der Waals surface area contributed by atoms with Gasteiger partial charge in [0, 0.05) is 10.6 Å². The first-order chi connectivity index (χ1) is 9.06. The van der Waals surface area contributed by atoms with Crippen molar-refractivity contribution in [3.63, 3.8) is 0 Å². The van der Waals surface area contributed by atoms with E-state index >= 15 is 0 Å². The Morgan fingerprint density at radius 3 is 2.74 bits per heavy atom. The van der Waals surface area contributed by atoms with E-state index in [1.165, 1.54) is 24.2 Å². The number of H-pyrrole nitrogens is 1. The van der Waals surface area contributed by atoms with Crippen molar-refractivity contribution in [3.8, 4) is 0 Å². The maximum absolute atomic E-state index is 11.8. The molecule has 0 saturated carbocycles. The fraction of sp³-hybridized carbons (Fsp3) is 0.714. The summed E-state index contributed by atoms with van der Waals surface area (Å²) in [6.07, 6.45) is 4.93. The highest BCUT2D eigenvalue weighted by atomic mass is 32.1. The van der Waals surface area contributed by atoms with Crippen LogP contribution in [0.15, 0.2) is 0 Å². The monoisotopic (exact) mass is 301 g/mol. The standard InChI is InChI=1S/C14H23NO2S2/c1-4-6-7-11(5-2)9-17-13(16)8-12-10(3)15-14(18)19-12/h11H,4-9H2,1-3H3,(H,15,18). The lowest BCUT2D eigenvalue weighted by molar-refractivity contribution is -0.144. The number of aromatic nitrogens is 1. The van der Waals surface area contributed by atoms with Crippen LogP contribution in [0.2, 0.25) is 0 Å². The van der Waals surface area contributed by atoms with E-state index < -0.39 is 0 Å². The van der Waals surface area contributed by atoms with Crippen LogP contribution in [0, 0.1) is 16.8 Å². The number of hydrogen-bond donors (Lipinski definition) is 1. The van der Waals surface area contributed by atoms with Gasteiger partial charge in [0.2, 0.25) is 0 Å². The number of aromatic amines is 1. The van der Waals surface area contributed by atoms with Gasteiger partial charge in [-0.15, -0.1) is 11.3 Å². The number of carbonyl (C=O) groups excluding carboxylic acids is 1. The summed E-state index contributed by atoms with van der Waals surface area (Å²) in [6, 6.07) is 0. The molecule has 1 heterocycles. The molecule has 0 aliphatic heterocycles. The average Bonchev–Trinajstić information content (AvgIpc) is 2.68. The summed E-state index contributed by atoms with van der Waals surface area (Å²) in [6.45, 7) is 6.81. The summed E-state index contributed by atoms with van der Waals surface area (Å²) in [4.78, 5) is 15.8. The summed E-state index contributed by atoms with van der Waals surface area (Å²) < 4.78 is 6.10. The van der Waals surface area contributed by atoms with Crippen molar-refractivity contribution >= 4 is 29.5 Å². The third-order valence-electron chi connectivity index (χ3n) is 3.25. The zero-order chi connectivity index (χ0) is 14.3. The predicted molar refractivity (Wildman–Crippen MR) is 82.2 cm³/mol. The fourth-order valence-corrected chi connectivity index (χ4v) is 3.17. The second-order valence-corrected chi connectivity index (χ2v) is 6.61. The predicted octanol–water partition coefficient (Wildman–Crippen LogP) is 4.42. The molecule has 1 rings (SSSR count). The quantitative estimate of drug-likeness (QED) is 0.571. The molecule has 19 heavy (non-hydrogen) atoms. The van der Waals surface area contributed by atoms with Crippen LogP contribution < -0.4 is 0 Å². The van der Waals surface area contributed by atoms with Crippen LogP contribution in [0.4, 0.5) is 0 Å². The molecule has 1 aromatic heterocycles. The molecule has 5 heteroatoms. The molecule has 1 N–H and O–H groups in total. The van der Waals surface area contributed by atoms with E-state index in [1.54, 1.807) is 0 Å². The molecular weight excluding hydrogens is 278 g/mol. The van der Waals surface area contributed by atoms with E-state index in [4.69, 9.17) is 17.0 Å². The van der Waals surface area contributed by atoms with Crippen molar-refractivity contribution in [1.82, 2.24) is 4.98 Å². The molecule has 0 radical (unpaired) electrons. The van der Waals surface area contributed by atoms with E-state index in [-0.39, 0.29) is 5.97 Å². The van der Waals surface area contributed by atoms with Gasteiger partial charge in [-0.3, -0.25) is 4.79 Å². The van der Waals surface area contributed by atoms with Crippen molar-refractivity contribution in [2.24, 2.45) is 5.92 Å². The van der Waals surface area contributed by atoms with Gasteiger partial charge in [0.05, 0.1) is 13.0 Å². The highest BCUT2D eigenvalue weighted by Gasteiger charge is 2.13. The Hall–Kier alpha value is -0.680. The second kappa shape index (κ2) is 8.48. The number of thiazole rings is 1. The van der Waals surface area contributed by atoms with Gasteiger partial charge in [-0.2, -0.15) is 0 Å². The largest absolute Gasteiger partial charge is 0.465 e. The minimum Gasteiger partial charge on any atom is -0.465 e. The lowest BCUT2D eigenvalue weighted by Crippen LogP contribution is -2.15. The Kier molecular flexibility index (Phi) is 7.31. The molecule has 0 aliphatic rings. The number of hydrogen-bond acceptors (Lipinski definition) is 4. The summed E-state index contributed by atoms with van der Waals surface area (Å²) in [5, 5.41) is 0. The average molecular weight is 301 g/mol. The van der Waals surface area contributed by atoms with E-state index in [1.807, 2.05) is 6.92 Å². The van der Waals surface area contributed by atoms with E-state index in [2.05, 4.69) is 18.8 Å². The van der Waals surface area contributed by atoms with E-state index in [9.17, 15) is 4.79 Å². The highest BCUT2D eigenvalue weighted by Crippen LogP contribution is 2.17. The third-order valence-corrected chi connectivity index (χ3v) is 4.59. The molecule has 108 valence electrons. The van der Waals surface area contributed by atoms with E-state index in [0.29, 0.717) is 18.9 Å². The topological polar surface area (TPSA) is 42.1 Å². The zero-order valence-electron chi connectivity index (χ0n) is 12.0. The highest BCUT2D eigenvalue weighted by molar-refractivity contribution is 7.73. The number of ether oxygens (including phenoxy) is 1. The van der Waals surface area contributed by atoms with Crippen molar-refractivity contribution in [2.75, 3.05) is 6.61 Å². The first-order valence-corrected chi connectivity index (χ1v) is 8.13. The molecule has 0 spiro atoms. The molecule has 1 unspecified atom stereocenters. The van der Waals surface area contributed by atoms with Gasteiger partial charge in [0.25, 0.3) is 0 Å². The van der Waals surface area contributed by atoms with Crippen LogP contribution in [-0.4, -0.2) is 17.6 Å². The molecule has 3 nitrogen and oxygen atoms in total. The van der Waals surface area contributed by atoms with Gasteiger partial charge < -0.3 is 9.72 Å². The van der Waals surface area contributed by atoms with Gasteiger partial charge in [-0.05, 0) is 31.5 Å². The number of aryl methyl sites for hydroxylation is 1. The van der Waals surface area contributed by atoms with E-state index in [0.717, 1.165) is 27.4 Å². The minimum absolute atomic E-state index is 0.150. The number of carbonyl (C=O) groups is 1. The van der Waals surface area contributed by atoms with Crippen LogP contribution >= 0.6 is 23.6 Å². The minimum atomic E-state index is -0.150. The summed E-state index contributed by atoms with van der Waals surface area (Å²) >= 11 is 6.51. The fourth-order valence-electron chi connectivity index (χ4n) is 1.90. The van der Waals surface area contributed by atoms with Crippen molar-refractivity contribution in [3.05, 3.63) is 14.5 Å². The molecule has 0 aliphatic carbocycles. The Labute approximate surface area is 124 Å². The number of unbranched alkanes of at least 4 members (excludes halogenated alkanes) is 1. The Bertz CT molecular complexity index is 451. The molecular formula is C14H23NO2S2. The van der Waals surface area contributed by atoms with Gasteiger partial charge in [-0.25, -0.2) is 0 Å². The van der Waals surface area contributed by atoms with Crippen molar-refractivity contribution in [1.29, 1.82) is 0 Å². The Morgan fingerprint density at radius 2 is 2.21 bits per heavy atom. The third kappa shape index (κ3) is 5.87. The molecule has 0 bridgehead atoms. The Balaban J connectivity index is 2.38. The first-order valence-electron chi connectivity index (χ1n) is 6.91. The molecule has 0 aromatic carbocycles. The van der Waals surface area contributed by atoms with Crippen molar-refractivity contribution in [2.45, 2.75) is 52.9 Å². The number of rotatable bonds is 8. The SMILES string of the molecule is CCCCC(CC)COC(=O)Cc1sc(=S)[nH]c1C. The van der Waals surface area contributed by atoms with Gasteiger partial charge in [0.15, 0.2) is 3.95 Å². The second-order valence-electron chi connectivity index (χ2n) is 4.84. The number of esters is 1. The summed E-state index contributed by atoms with van der Waals surface area (Å²) in [7, 11) is 0. The van der Waals surface area contributed by atoms with Crippen molar-refractivity contribution < 1.29 is 9.53 Å². The van der Waals surface area contributed by atoms with Gasteiger partial charge in [0.1, 0.15) is 0 Å². The first kappa shape index (κ1) is 16.4. The molecule has 0 amide bonds. The zero-order valence-corrected chi connectivity index (χ0v) is 13.6. The summed E-state index contributed by atoms with van der Waals surface area (Å²) in [5.41, 5.74) is 0.977. The molecule has 1 atom stereocenters. The Morgan fingerprint density at radius 1 is 1.47 bits per heavy atom. The van der Waals surface area contributed by atoms with Crippen LogP contribution in [-0.2, 0) is 16.0 Å². The van der Waals surface area contributed by atoms with Crippen LogP contribution in [0.5, 0.6) is 0 Å². The van der Waals surface area contributed by atoms with Crippen LogP contribution in [0.1, 0.15) is 50.1 Å². The lowest BCUT2D eigenvalue weighted by atomic mass is 10.0. The van der Waals surface area contributed by atoms with Crippen LogP contribution in [0.3, 0.4) is 0 Å². The molecule has 1 aromatic rings. The molecule has 0 fully saturated rings. The lowest BCUT2D eigenvalue weighted by Gasteiger charge is -2.14. The maximum atomic E-state index is 11.8.